The molecule has 0 atom stereocenters. The number of rotatable bonds is 9. The van der Waals surface area contributed by atoms with E-state index in [-0.39, 0.29) is 24.0 Å². The maximum absolute atomic E-state index is 5.67. The molecule has 1 aliphatic heterocycles. The van der Waals surface area contributed by atoms with Crippen molar-refractivity contribution in [2.45, 2.75) is 20.1 Å². The zero-order valence-electron chi connectivity index (χ0n) is 18.4. The van der Waals surface area contributed by atoms with Crippen LogP contribution in [0.5, 0.6) is 0 Å². The average molecular weight is 540 g/mol. The summed E-state index contributed by atoms with van der Waals surface area (Å²) in [5, 5.41) is 3.49. The lowest BCUT2D eigenvalue weighted by Crippen LogP contribution is -2.52. The van der Waals surface area contributed by atoms with Crippen LogP contribution in [-0.2, 0) is 22.6 Å². The third-order valence-electron chi connectivity index (χ3n) is 4.91. The molecule has 31 heavy (non-hydrogen) atoms. The van der Waals surface area contributed by atoms with Gasteiger partial charge in [0.25, 0.3) is 0 Å². The predicted molar refractivity (Wildman–Crippen MR) is 134 cm³/mol. The quantitative estimate of drug-likeness (QED) is 0.227. The molecule has 0 saturated carbocycles. The molecule has 1 aromatic heterocycles. The summed E-state index contributed by atoms with van der Waals surface area (Å²) in [6.45, 7) is 8.79. The van der Waals surface area contributed by atoms with Crippen LogP contribution in [0.4, 0.5) is 5.95 Å². The molecular weight excluding hydrogens is 507 g/mol. The van der Waals surface area contributed by atoms with E-state index in [4.69, 9.17) is 9.47 Å². The Morgan fingerprint density at radius 2 is 1.74 bits per heavy atom. The Morgan fingerprint density at radius 1 is 1.03 bits per heavy atom. The predicted octanol–water partition coefficient (Wildman–Crippen LogP) is 2.55. The molecule has 8 nitrogen and oxygen atoms in total. The number of halogens is 1. The molecule has 170 valence electrons. The molecule has 1 aliphatic rings. The van der Waals surface area contributed by atoms with Gasteiger partial charge in [0, 0.05) is 58.8 Å². The fourth-order valence-electron chi connectivity index (χ4n) is 3.37. The van der Waals surface area contributed by atoms with E-state index in [1.165, 1.54) is 5.56 Å². The summed E-state index contributed by atoms with van der Waals surface area (Å²) in [4.78, 5) is 17.6. The lowest BCUT2D eigenvalue weighted by Gasteiger charge is -2.36. The standard InChI is InChI=1S/C22H32N6O2.HI/c1-3-29-14-15-30-18-20-7-4-6-19(16-20)17-26-21(23-2)27-10-12-28(13-11-27)22-24-8-5-9-25-22;/h4-9,16H,3,10-15,17-18H2,1-2H3,(H,23,26);1H. The minimum Gasteiger partial charge on any atom is -0.379 e. The zero-order valence-corrected chi connectivity index (χ0v) is 20.7. The number of piperazine rings is 1. The fraction of sp³-hybridized carbons (Fsp3) is 0.500. The first-order chi connectivity index (χ1) is 14.8. The van der Waals surface area contributed by atoms with Gasteiger partial charge in [-0.3, -0.25) is 4.99 Å². The Balaban J connectivity index is 0.00000341. The lowest BCUT2D eigenvalue weighted by atomic mass is 10.1. The van der Waals surface area contributed by atoms with E-state index < -0.39 is 0 Å². The largest absolute Gasteiger partial charge is 0.379 e. The molecule has 9 heteroatoms. The summed E-state index contributed by atoms with van der Waals surface area (Å²) in [6.07, 6.45) is 3.57. The molecule has 1 saturated heterocycles. The normalized spacial score (nSPS) is 14.3. The second-order valence-corrected chi connectivity index (χ2v) is 6.99. The number of aliphatic imine (C=N–C) groups is 1. The highest BCUT2D eigenvalue weighted by atomic mass is 127. The molecule has 0 bridgehead atoms. The first-order valence-electron chi connectivity index (χ1n) is 10.5. The van der Waals surface area contributed by atoms with Crippen molar-refractivity contribution in [3.8, 4) is 0 Å². The number of hydrogen-bond acceptors (Lipinski definition) is 6. The van der Waals surface area contributed by atoms with Crippen LogP contribution in [0.25, 0.3) is 0 Å². The fourth-order valence-corrected chi connectivity index (χ4v) is 3.37. The summed E-state index contributed by atoms with van der Waals surface area (Å²) in [6, 6.07) is 10.3. The molecule has 3 rings (SSSR count). The molecule has 0 radical (unpaired) electrons. The summed E-state index contributed by atoms with van der Waals surface area (Å²) in [7, 11) is 1.83. The van der Waals surface area contributed by atoms with Gasteiger partial charge in [-0.05, 0) is 24.1 Å². The number of benzene rings is 1. The third-order valence-corrected chi connectivity index (χ3v) is 4.91. The number of nitrogens with zero attached hydrogens (tertiary/aromatic N) is 5. The summed E-state index contributed by atoms with van der Waals surface area (Å²) in [5.41, 5.74) is 2.37. The van der Waals surface area contributed by atoms with Crippen molar-refractivity contribution in [3.63, 3.8) is 0 Å². The van der Waals surface area contributed by atoms with E-state index >= 15 is 0 Å². The van der Waals surface area contributed by atoms with Gasteiger partial charge >= 0.3 is 0 Å². The van der Waals surface area contributed by atoms with Crippen molar-refractivity contribution >= 4 is 35.9 Å². The van der Waals surface area contributed by atoms with Crippen molar-refractivity contribution in [1.82, 2.24) is 20.2 Å². The molecular formula is C22H33IN6O2. The highest BCUT2D eigenvalue weighted by molar-refractivity contribution is 14.0. The Kier molecular flexibility index (Phi) is 11.5. The first-order valence-corrected chi connectivity index (χ1v) is 10.5. The molecule has 1 N–H and O–H groups in total. The van der Waals surface area contributed by atoms with E-state index in [0.717, 1.165) is 56.8 Å². The molecule has 1 fully saturated rings. The van der Waals surface area contributed by atoms with E-state index in [9.17, 15) is 0 Å². The van der Waals surface area contributed by atoms with Crippen LogP contribution in [0.2, 0.25) is 0 Å². The number of anilines is 1. The minimum absolute atomic E-state index is 0. The third kappa shape index (κ3) is 8.23. The van der Waals surface area contributed by atoms with E-state index in [0.29, 0.717) is 19.8 Å². The number of ether oxygens (including phenoxy) is 2. The maximum Gasteiger partial charge on any atom is 0.225 e. The van der Waals surface area contributed by atoms with E-state index in [1.807, 2.05) is 20.0 Å². The Hall–Kier alpha value is -1.98. The SMILES string of the molecule is CCOCCOCc1cccc(CNC(=NC)N2CCN(c3ncccn3)CC2)c1.I. The first kappa shape index (κ1) is 25.3. The van der Waals surface area contributed by atoms with Gasteiger partial charge in [-0.25, -0.2) is 9.97 Å². The van der Waals surface area contributed by atoms with Gasteiger partial charge in [0.2, 0.25) is 5.95 Å². The van der Waals surface area contributed by atoms with Crippen LogP contribution in [0.15, 0.2) is 47.7 Å². The van der Waals surface area contributed by atoms with Gasteiger partial charge in [-0.1, -0.05) is 24.3 Å². The monoisotopic (exact) mass is 540 g/mol. The maximum atomic E-state index is 5.67. The van der Waals surface area contributed by atoms with Crippen LogP contribution in [-0.4, -0.2) is 73.9 Å². The summed E-state index contributed by atoms with van der Waals surface area (Å²) in [5.74, 6) is 1.71. The topological polar surface area (TPSA) is 75.1 Å². The van der Waals surface area contributed by atoms with Gasteiger partial charge in [-0.15, -0.1) is 24.0 Å². The summed E-state index contributed by atoms with van der Waals surface area (Å²) >= 11 is 0. The van der Waals surface area contributed by atoms with Crippen LogP contribution in [0.3, 0.4) is 0 Å². The Bertz CT molecular complexity index is 785. The molecule has 0 spiro atoms. The zero-order chi connectivity index (χ0) is 21.0. The van der Waals surface area contributed by atoms with Crippen LogP contribution in [0.1, 0.15) is 18.1 Å². The van der Waals surface area contributed by atoms with Crippen LogP contribution >= 0.6 is 24.0 Å². The number of nitrogens with one attached hydrogen (secondary N) is 1. The van der Waals surface area contributed by atoms with Gasteiger partial charge in [0.1, 0.15) is 0 Å². The highest BCUT2D eigenvalue weighted by Crippen LogP contribution is 2.11. The smallest absolute Gasteiger partial charge is 0.225 e. The Morgan fingerprint density at radius 3 is 2.45 bits per heavy atom. The molecule has 1 aromatic carbocycles. The molecule has 0 aliphatic carbocycles. The van der Waals surface area contributed by atoms with Crippen LogP contribution < -0.4 is 10.2 Å². The average Bonchev–Trinajstić information content (AvgIpc) is 2.81. The molecule has 2 aromatic rings. The van der Waals surface area contributed by atoms with E-state index in [1.54, 1.807) is 12.4 Å². The van der Waals surface area contributed by atoms with Crippen molar-refractivity contribution in [2.24, 2.45) is 4.99 Å². The number of hydrogen-bond donors (Lipinski definition) is 1. The molecule has 0 unspecified atom stereocenters. The van der Waals surface area contributed by atoms with Crippen molar-refractivity contribution in [1.29, 1.82) is 0 Å². The minimum atomic E-state index is 0. The molecule has 0 amide bonds. The van der Waals surface area contributed by atoms with Gasteiger partial charge in [0.05, 0.1) is 19.8 Å². The highest BCUT2D eigenvalue weighted by Gasteiger charge is 2.20. The number of aromatic nitrogens is 2. The Labute approximate surface area is 202 Å². The van der Waals surface area contributed by atoms with Crippen molar-refractivity contribution < 1.29 is 9.47 Å². The van der Waals surface area contributed by atoms with Crippen LogP contribution in [0, 0.1) is 0 Å². The summed E-state index contributed by atoms with van der Waals surface area (Å²) < 4.78 is 11.0. The van der Waals surface area contributed by atoms with Gasteiger partial charge < -0.3 is 24.6 Å². The lowest BCUT2D eigenvalue weighted by molar-refractivity contribution is 0.0453. The van der Waals surface area contributed by atoms with E-state index in [2.05, 4.69) is 54.3 Å². The van der Waals surface area contributed by atoms with Gasteiger partial charge in [-0.2, -0.15) is 0 Å². The second-order valence-electron chi connectivity index (χ2n) is 6.99. The van der Waals surface area contributed by atoms with Crippen molar-refractivity contribution in [3.05, 3.63) is 53.9 Å². The van der Waals surface area contributed by atoms with Crippen molar-refractivity contribution in [2.75, 3.05) is 57.9 Å². The van der Waals surface area contributed by atoms with Gasteiger partial charge in [0.15, 0.2) is 5.96 Å². The second kappa shape index (κ2) is 14.2. The molecule has 2 heterocycles. The number of guanidine groups is 1.